The maximum Gasteiger partial charge on any atom is 0.323 e. The Morgan fingerprint density at radius 3 is 2.67 bits per heavy atom. The number of nitrogen functional groups attached to an aromatic ring is 1. The number of aliphatic hydroxyl groups is 1. The van der Waals surface area contributed by atoms with Crippen molar-refractivity contribution in [2.75, 3.05) is 24.0 Å². The molecule has 0 aliphatic carbocycles. The highest BCUT2D eigenvalue weighted by atomic mass is 16.5. The van der Waals surface area contributed by atoms with Gasteiger partial charge in [-0.15, -0.1) is 0 Å². The molecular formula is C10H20N6O2. The van der Waals surface area contributed by atoms with Crippen molar-refractivity contribution in [3.05, 3.63) is 0 Å². The summed E-state index contributed by atoms with van der Waals surface area (Å²) in [5, 5.41) is 11.9. The van der Waals surface area contributed by atoms with Crippen LogP contribution < -0.4 is 21.3 Å². The molecule has 0 amide bonds. The Hall–Kier alpha value is -1.67. The number of hydrazine groups is 1. The smallest absolute Gasteiger partial charge is 0.323 e. The van der Waals surface area contributed by atoms with E-state index in [9.17, 15) is 0 Å². The van der Waals surface area contributed by atoms with Crippen LogP contribution >= 0.6 is 0 Å². The Labute approximate surface area is 106 Å². The zero-order valence-corrected chi connectivity index (χ0v) is 10.7. The maximum atomic E-state index is 8.84. The third kappa shape index (κ3) is 4.68. The van der Waals surface area contributed by atoms with E-state index in [0.29, 0.717) is 19.0 Å². The van der Waals surface area contributed by atoms with Gasteiger partial charge in [0.2, 0.25) is 11.9 Å². The van der Waals surface area contributed by atoms with Crippen molar-refractivity contribution >= 4 is 11.9 Å². The lowest BCUT2D eigenvalue weighted by molar-refractivity contribution is 0.281. The van der Waals surface area contributed by atoms with Gasteiger partial charge in [-0.1, -0.05) is 6.92 Å². The molecule has 0 saturated carbocycles. The normalized spacial score (nSPS) is 12.0. The highest BCUT2D eigenvalue weighted by molar-refractivity contribution is 5.35. The molecule has 1 atom stereocenters. The molecule has 0 radical (unpaired) electrons. The van der Waals surface area contributed by atoms with E-state index >= 15 is 0 Å². The van der Waals surface area contributed by atoms with Gasteiger partial charge < -0.3 is 15.2 Å². The third-order valence-corrected chi connectivity index (χ3v) is 2.12. The van der Waals surface area contributed by atoms with Crippen LogP contribution in [0.25, 0.3) is 0 Å². The number of nitrogens with one attached hydrogen (secondary N) is 2. The Bertz CT molecular complexity index is 362. The lowest BCUT2D eigenvalue weighted by Crippen LogP contribution is -2.20. The van der Waals surface area contributed by atoms with Crippen LogP contribution in [0.3, 0.4) is 0 Å². The Kier molecular flexibility index (Phi) is 6.09. The molecule has 0 aliphatic rings. The van der Waals surface area contributed by atoms with E-state index in [0.717, 1.165) is 6.42 Å². The molecule has 8 nitrogen and oxygen atoms in total. The number of anilines is 2. The highest BCUT2D eigenvalue weighted by Crippen LogP contribution is 2.12. The summed E-state index contributed by atoms with van der Waals surface area (Å²) < 4.78 is 5.33. The van der Waals surface area contributed by atoms with Gasteiger partial charge in [-0.25, -0.2) is 5.84 Å². The van der Waals surface area contributed by atoms with Crippen molar-refractivity contribution in [3.8, 4) is 6.01 Å². The molecule has 0 aliphatic heterocycles. The van der Waals surface area contributed by atoms with Crippen LogP contribution in [0.15, 0.2) is 0 Å². The minimum Gasteiger partial charge on any atom is -0.463 e. The van der Waals surface area contributed by atoms with E-state index in [2.05, 4.69) is 25.7 Å². The highest BCUT2D eigenvalue weighted by Gasteiger charge is 2.09. The summed E-state index contributed by atoms with van der Waals surface area (Å²) in [6.45, 7) is 4.54. The van der Waals surface area contributed by atoms with Crippen LogP contribution in [0.2, 0.25) is 0 Å². The second-order valence-electron chi connectivity index (χ2n) is 3.82. The average Bonchev–Trinajstić information content (AvgIpc) is 2.36. The zero-order valence-electron chi connectivity index (χ0n) is 10.7. The largest absolute Gasteiger partial charge is 0.463 e. The predicted octanol–water partition coefficient (Wildman–Crippen LogP) is 0.129. The third-order valence-electron chi connectivity index (χ3n) is 2.12. The minimum absolute atomic E-state index is 0.0436. The van der Waals surface area contributed by atoms with Crippen molar-refractivity contribution in [2.45, 2.75) is 32.7 Å². The lowest BCUT2D eigenvalue weighted by atomic mass is 10.2. The van der Waals surface area contributed by atoms with Crippen LogP contribution in [-0.4, -0.2) is 39.3 Å². The molecule has 102 valence electrons. The Morgan fingerprint density at radius 1 is 1.33 bits per heavy atom. The first-order valence-electron chi connectivity index (χ1n) is 5.92. The van der Waals surface area contributed by atoms with Gasteiger partial charge >= 0.3 is 6.01 Å². The number of aromatic nitrogens is 3. The lowest BCUT2D eigenvalue weighted by Gasteiger charge is -2.13. The number of nitrogens with zero attached hydrogens (tertiary/aromatic N) is 3. The van der Waals surface area contributed by atoms with E-state index < -0.39 is 0 Å². The summed E-state index contributed by atoms with van der Waals surface area (Å²) >= 11 is 0. The molecule has 1 aromatic rings. The van der Waals surface area contributed by atoms with E-state index in [-0.39, 0.29) is 24.6 Å². The average molecular weight is 256 g/mol. The molecule has 0 bridgehead atoms. The molecule has 0 spiro atoms. The van der Waals surface area contributed by atoms with E-state index in [1.165, 1.54) is 0 Å². The van der Waals surface area contributed by atoms with Crippen LogP contribution in [0.4, 0.5) is 11.9 Å². The number of rotatable bonds is 8. The molecule has 1 aromatic heterocycles. The first-order valence-corrected chi connectivity index (χ1v) is 5.92. The van der Waals surface area contributed by atoms with Crippen LogP contribution in [-0.2, 0) is 0 Å². The van der Waals surface area contributed by atoms with Gasteiger partial charge in [0.1, 0.15) is 0 Å². The summed E-state index contributed by atoms with van der Waals surface area (Å²) in [5.41, 5.74) is 2.36. The Balaban J connectivity index is 2.76. The topological polar surface area (TPSA) is 118 Å². The first-order chi connectivity index (χ1) is 8.69. The van der Waals surface area contributed by atoms with Crippen LogP contribution in [0.1, 0.15) is 26.7 Å². The molecule has 8 heteroatoms. The molecule has 1 unspecified atom stereocenters. The Morgan fingerprint density at radius 2 is 2.06 bits per heavy atom. The molecule has 5 N–H and O–H groups in total. The van der Waals surface area contributed by atoms with Crippen LogP contribution in [0, 0.1) is 0 Å². The maximum absolute atomic E-state index is 8.84. The molecule has 18 heavy (non-hydrogen) atoms. The first kappa shape index (κ1) is 14.4. The number of hydrogen-bond acceptors (Lipinski definition) is 8. The summed E-state index contributed by atoms with van der Waals surface area (Å²) in [7, 11) is 0. The molecular weight excluding hydrogens is 236 g/mol. The fourth-order valence-corrected chi connectivity index (χ4v) is 1.23. The van der Waals surface area contributed by atoms with E-state index in [1.807, 2.05) is 13.8 Å². The zero-order chi connectivity index (χ0) is 13.4. The molecule has 1 heterocycles. The number of nitrogens with two attached hydrogens (primary N) is 1. The van der Waals surface area contributed by atoms with Gasteiger partial charge in [-0.05, 0) is 19.8 Å². The van der Waals surface area contributed by atoms with Crippen molar-refractivity contribution in [2.24, 2.45) is 5.84 Å². The molecule has 0 saturated heterocycles. The summed E-state index contributed by atoms with van der Waals surface area (Å²) in [5.74, 6) is 5.88. The fourth-order valence-electron chi connectivity index (χ4n) is 1.23. The standard InChI is InChI=1S/C10H20N6O2/c1-3-6-18-10-14-8(12-7(2)4-5-17)13-9(15-10)16-11/h7,17H,3-6,11H2,1-2H3,(H2,12,13,14,15,16). The fraction of sp³-hybridized carbons (Fsp3) is 0.700. The molecule has 1 rings (SSSR count). The van der Waals surface area contributed by atoms with Gasteiger partial charge in [0.15, 0.2) is 0 Å². The summed E-state index contributed by atoms with van der Waals surface area (Å²) in [6.07, 6.45) is 1.46. The van der Waals surface area contributed by atoms with Crippen molar-refractivity contribution in [1.82, 2.24) is 15.0 Å². The van der Waals surface area contributed by atoms with Crippen molar-refractivity contribution in [3.63, 3.8) is 0 Å². The molecule has 0 aromatic carbocycles. The molecule has 0 fully saturated rings. The van der Waals surface area contributed by atoms with Gasteiger partial charge in [0, 0.05) is 12.6 Å². The number of hydrogen-bond donors (Lipinski definition) is 4. The SMILES string of the molecule is CCCOc1nc(NN)nc(NC(C)CCO)n1. The van der Waals surface area contributed by atoms with Gasteiger partial charge in [-0.2, -0.15) is 15.0 Å². The van der Waals surface area contributed by atoms with Crippen molar-refractivity contribution < 1.29 is 9.84 Å². The van der Waals surface area contributed by atoms with E-state index in [1.54, 1.807) is 0 Å². The monoisotopic (exact) mass is 256 g/mol. The second-order valence-corrected chi connectivity index (χ2v) is 3.82. The van der Waals surface area contributed by atoms with Crippen LogP contribution in [0.5, 0.6) is 6.01 Å². The second kappa shape index (κ2) is 7.62. The number of ether oxygens (including phenoxy) is 1. The van der Waals surface area contributed by atoms with E-state index in [4.69, 9.17) is 15.7 Å². The van der Waals surface area contributed by atoms with Crippen molar-refractivity contribution in [1.29, 1.82) is 0 Å². The predicted molar refractivity (Wildman–Crippen MR) is 68.2 cm³/mol. The van der Waals surface area contributed by atoms with Gasteiger partial charge in [0.05, 0.1) is 6.61 Å². The quantitative estimate of drug-likeness (QED) is 0.383. The summed E-state index contributed by atoms with van der Waals surface area (Å²) in [4.78, 5) is 12.1. The number of aliphatic hydroxyl groups excluding tert-OH is 1. The summed E-state index contributed by atoms with van der Waals surface area (Å²) in [6, 6.07) is 0.264. The van der Waals surface area contributed by atoms with Gasteiger partial charge in [0.25, 0.3) is 0 Å². The minimum atomic E-state index is 0.0436. The van der Waals surface area contributed by atoms with Gasteiger partial charge in [-0.3, -0.25) is 5.43 Å².